The normalized spacial score (nSPS) is 28.0. The van der Waals surface area contributed by atoms with Crippen LogP contribution in [0.5, 0.6) is 5.75 Å². The summed E-state index contributed by atoms with van der Waals surface area (Å²) in [6.45, 7) is 2.06. The second kappa shape index (κ2) is 11.4. The number of carbonyl (C=O) groups excluding carboxylic acids is 1. The van der Waals surface area contributed by atoms with Crippen LogP contribution in [-0.4, -0.2) is 47.3 Å². The molecular weight excluding hydrogens is 626 g/mol. The number of amides is 1. The standard InChI is InChI=1S/C37H35F4N3O2S/c38-31-17-27(16-30(33(31)45)36-19-23-11-24(20-36)13-25(12-23)21-36)26-4-1-3-22(14-26)15-32-34(46)42-35(47-32)44-9-7-43(8-10-44)29-6-2-5-28(18-29)37(39,40)41/h1-6,14-18,23-25,45H,7-13,19-21H2/b32-15-. The molecule has 1 amide bonds. The smallest absolute Gasteiger partial charge is 0.416 e. The van der Waals surface area contributed by atoms with Crippen molar-refractivity contribution < 1.29 is 27.5 Å². The molecule has 4 saturated carbocycles. The van der Waals surface area contributed by atoms with Gasteiger partial charge in [0, 0.05) is 37.4 Å². The number of piperazine rings is 1. The summed E-state index contributed by atoms with van der Waals surface area (Å²) in [5.74, 6) is 0.850. The minimum atomic E-state index is -4.40. The number of aromatic hydroxyl groups is 1. The second-order valence-electron chi connectivity index (χ2n) is 14.0. The number of hydrogen-bond acceptors (Lipinski definition) is 5. The highest BCUT2D eigenvalue weighted by molar-refractivity contribution is 8.18. The van der Waals surface area contributed by atoms with Gasteiger partial charge in [0.2, 0.25) is 0 Å². The van der Waals surface area contributed by atoms with Gasteiger partial charge < -0.3 is 14.9 Å². The first-order valence-corrected chi connectivity index (χ1v) is 17.2. The molecule has 1 saturated heterocycles. The predicted octanol–water partition coefficient (Wildman–Crippen LogP) is 8.48. The van der Waals surface area contributed by atoms with Crippen LogP contribution in [-0.2, 0) is 16.4 Å². The minimum Gasteiger partial charge on any atom is -0.505 e. The number of nitrogens with zero attached hydrogens (tertiary/aromatic N) is 3. The predicted molar refractivity (Wildman–Crippen MR) is 177 cm³/mol. The molecule has 0 spiro atoms. The molecule has 6 aliphatic rings. The number of aliphatic imine (C=N–C) groups is 1. The third kappa shape index (κ3) is 5.72. The van der Waals surface area contributed by atoms with Crippen LogP contribution in [0.4, 0.5) is 23.2 Å². The van der Waals surface area contributed by atoms with E-state index in [0.717, 1.165) is 42.0 Å². The molecule has 9 rings (SSSR count). The first-order chi connectivity index (χ1) is 22.5. The van der Waals surface area contributed by atoms with Crippen molar-refractivity contribution in [1.29, 1.82) is 0 Å². The Morgan fingerprint density at radius 2 is 1.51 bits per heavy atom. The molecule has 10 heteroatoms. The van der Waals surface area contributed by atoms with Gasteiger partial charge in [-0.15, -0.1) is 0 Å². The van der Waals surface area contributed by atoms with Crippen molar-refractivity contribution >= 4 is 34.6 Å². The number of anilines is 1. The average molecular weight is 662 g/mol. The van der Waals surface area contributed by atoms with Crippen LogP contribution >= 0.6 is 11.8 Å². The molecule has 0 radical (unpaired) electrons. The molecule has 2 heterocycles. The van der Waals surface area contributed by atoms with E-state index in [4.69, 9.17) is 0 Å². The average Bonchev–Trinajstić information content (AvgIpc) is 3.41. The molecule has 244 valence electrons. The summed E-state index contributed by atoms with van der Waals surface area (Å²) in [7, 11) is 0. The van der Waals surface area contributed by atoms with E-state index >= 15 is 4.39 Å². The zero-order chi connectivity index (χ0) is 32.5. The number of phenols is 1. The van der Waals surface area contributed by atoms with Gasteiger partial charge in [0.15, 0.2) is 16.7 Å². The van der Waals surface area contributed by atoms with E-state index in [1.807, 2.05) is 40.1 Å². The summed E-state index contributed by atoms with van der Waals surface area (Å²) in [5.41, 5.74) is 2.76. The van der Waals surface area contributed by atoms with Crippen molar-refractivity contribution in [2.24, 2.45) is 22.7 Å². The van der Waals surface area contributed by atoms with Gasteiger partial charge in [-0.2, -0.15) is 18.2 Å². The second-order valence-corrected chi connectivity index (χ2v) is 15.0. The van der Waals surface area contributed by atoms with Crippen molar-refractivity contribution in [1.82, 2.24) is 4.90 Å². The number of carbonyl (C=O) groups is 1. The van der Waals surface area contributed by atoms with Gasteiger partial charge in [0.25, 0.3) is 5.91 Å². The van der Waals surface area contributed by atoms with Crippen LogP contribution in [0.3, 0.4) is 0 Å². The Kier molecular flexibility index (Phi) is 7.42. The first-order valence-electron chi connectivity index (χ1n) is 16.4. The molecule has 4 bridgehead atoms. The fraction of sp³-hybridized carbons (Fsp3) is 0.405. The number of halogens is 4. The van der Waals surface area contributed by atoms with Crippen LogP contribution < -0.4 is 4.90 Å². The number of hydrogen-bond donors (Lipinski definition) is 1. The van der Waals surface area contributed by atoms with Gasteiger partial charge in [-0.25, -0.2) is 4.39 Å². The van der Waals surface area contributed by atoms with Gasteiger partial charge in [0.1, 0.15) is 0 Å². The molecule has 0 atom stereocenters. The van der Waals surface area contributed by atoms with Crippen molar-refractivity contribution in [2.75, 3.05) is 31.1 Å². The van der Waals surface area contributed by atoms with E-state index in [0.29, 0.717) is 65.3 Å². The molecular formula is C37H35F4N3O2S. The molecule has 4 aliphatic carbocycles. The largest absolute Gasteiger partial charge is 0.505 e. The number of phenolic OH excluding ortho intramolecular Hbond substituents is 1. The quantitative estimate of drug-likeness (QED) is 0.225. The van der Waals surface area contributed by atoms with Crippen molar-refractivity contribution in [3.05, 3.63) is 88.1 Å². The van der Waals surface area contributed by atoms with Crippen molar-refractivity contribution in [2.45, 2.75) is 50.1 Å². The van der Waals surface area contributed by atoms with Gasteiger partial charge in [-0.05, 0) is 133 Å². The Morgan fingerprint density at radius 3 is 2.19 bits per heavy atom. The topological polar surface area (TPSA) is 56.1 Å². The summed E-state index contributed by atoms with van der Waals surface area (Å²) in [6.07, 6.45) is 4.23. The molecule has 3 aromatic carbocycles. The Balaban J connectivity index is 0.976. The number of alkyl halides is 3. The van der Waals surface area contributed by atoms with E-state index in [9.17, 15) is 23.1 Å². The maximum Gasteiger partial charge on any atom is 0.416 e. The lowest BCUT2D eigenvalue weighted by Gasteiger charge is -2.57. The molecule has 5 nitrogen and oxygen atoms in total. The number of benzene rings is 3. The Morgan fingerprint density at radius 1 is 0.851 bits per heavy atom. The molecule has 3 aromatic rings. The number of amidine groups is 1. The Bertz CT molecular complexity index is 1780. The summed E-state index contributed by atoms with van der Waals surface area (Å²) in [6, 6.07) is 16.4. The lowest BCUT2D eigenvalue weighted by Crippen LogP contribution is -2.48. The Hall–Kier alpha value is -3.79. The number of thioether (sulfide) groups is 1. The third-order valence-corrected chi connectivity index (χ3v) is 11.9. The molecule has 0 aromatic heterocycles. The molecule has 1 N–H and O–H groups in total. The fourth-order valence-electron chi connectivity index (χ4n) is 9.14. The highest BCUT2D eigenvalue weighted by atomic mass is 32.2. The van der Waals surface area contributed by atoms with Crippen LogP contribution in [0, 0.1) is 23.6 Å². The summed E-state index contributed by atoms with van der Waals surface area (Å²) >= 11 is 1.29. The lowest BCUT2D eigenvalue weighted by molar-refractivity contribution is -0.137. The van der Waals surface area contributed by atoms with Crippen LogP contribution in [0.25, 0.3) is 17.2 Å². The Labute approximate surface area is 275 Å². The molecule has 0 unspecified atom stereocenters. The summed E-state index contributed by atoms with van der Waals surface area (Å²) in [4.78, 5) is 21.6. The highest BCUT2D eigenvalue weighted by Gasteiger charge is 2.52. The maximum absolute atomic E-state index is 15.3. The SMILES string of the molecule is O=C1N=C(N2CCN(c3cccc(C(F)(F)F)c3)CC2)S/C1=C\c1cccc(-c2cc(F)c(O)c(C34CC5CC(CC(C5)C3)C4)c2)c1. The van der Waals surface area contributed by atoms with Gasteiger partial charge in [0.05, 0.1) is 10.5 Å². The first kappa shape index (κ1) is 30.5. The van der Waals surface area contributed by atoms with Crippen LogP contribution in [0.15, 0.2) is 70.6 Å². The van der Waals surface area contributed by atoms with Gasteiger partial charge in [-0.1, -0.05) is 24.3 Å². The fourth-order valence-corrected chi connectivity index (χ4v) is 10.1. The van der Waals surface area contributed by atoms with Crippen molar-refractivity contribution in [3.63, 3.8) is 0 Å². The third-order valence-electron chi connectivity index (χ3n) is 10.9. The summed E-state index contributed by atoms with van der Waals surface area (Å²) < 4.78 is 54.9. The van der Waals surface area contributed by atoms with Gasteiger partial charge in [-0.3, -0.25) is 4.79 Å². The molecule has 47 heavy (non-hydrogen) atoms. The van der Waals surface area contributed by atoms with E-state index in [2.05, 4.69) is 4.99 Å². The van der Waals surface area contributed by atoms with Crippen molar-refractivity contribution in [3.8, 4) is 16.9 Å². The maximum atomic E-state index is 15.3. The monoisotopic (exact) mass is 661 g/mol. The lowest BCUT2D eigenvalue weighted by atomic mass is 9.48. The zero-order valence-corrected chi connectivity index (χ0v) is 26.6. The molecule has 5 fully saturated rings. The van der Waals surface area contributed by atoms with E-state index in [-0.39, 0.29) is 17.1 Å². The minimum absolute atomic E-state index is 0.158. The van der Waals surface area contributed by atoms with E-state index in [1.165, 1.54) is 49.2 Å². The van der Waals surface area contributed by atoms with Crippen LogP contribution in [0.1, 0.15) is 55.2 Å². The van der Waals surface area contributed by atoms with Gasteiger partial charge >= 0.3 is 6.18 Å². The summed E-state index contributed by atoms with van der Waals surface area (Å²) in [5, 5.41) is 11.5. The van der Waals surface area contributed by atoms with Crippen LogP contribution in [0.2, 0.25) is 0 Å². The van der Waals surface area contributed by atoms with E-state index < -0.39 is 17.6 Å². The zero-order valence-electron chi connectivity index (χ0n) is 25.8. The van der Waals surface area contributed by atoms with E-state index in [1.54, 1.807) is 12.1 Å². The number of rotatable bonds is 4. The highest BCUT2D eigenvalue weighted by Crippen LogP contribution is 2.62. The molecule has 2 aliphatic heterocycles.